The standard InChI is InChI=1S/C15H30N2O/c1-7-17(8-2)11-9-10-16-13(3)12-14(18)15(4,5)6/h7-12H2,1-6H3. The Morgan fingerprint density at radius 2 is 1.72 bits per heavy atom. The molecule has 0 aromatic heterocycles. The predicted octanol–water partition coefficient (Wildman–Crippen LogP) is 3.18. The maximum atomic E-state index is 11.8. The van der Waals surface area contributed by atoms with Crippen LogP contribution in [0.5, 0.6) is 0 Å². The van der Waals surface area contributed by atoms with E-state index in [-0.39, 0.29) is 11.2 Å². The first-order valence-electron chi connectivity index (χ1n) is 7.06. The first-order valence-corrected chi connectivity index (χ1v) is 7.06. The molecule has 0 saturated heterocycles. The molecule has 0 aliphatic heterocycles. The Kier molecular flexibility index (Phi) is 8.08. The van der Waals surface area contributed by atoms with Crippen molar-refractivity contribution in [2.24, 2.45) is 10.4 Å². The molecule has 3 nitrogen and oxygen atoms in total. The van der Waals surface area contributed by atoms with E-state index in [2.05, 4.69) is 23.7 Å². The van der Waals surface area contributed by atoms with Gasteiger partial charge in [-0.15, -0.1) is 0 Å². The van der Waals surface area contributed by atoms with Gasteiger partial charge in [-0.25, -0.2) is 0 Å². The second-order valence-electron chi connectivity index (χ2n) is 5.85. The minimum absolute atomic E-state index is 0.252. The molecule has 0 atom stereocenters. The van der Waals surface area contributed by atoms with Crippen molar-refractivity contribution in [3.8, 4) is 0 Å². The number of carbonyl (C=O) groups excluding carboxylic acids is 1. The quantitative estimate of drug-likeness (QED) is 0.492. The Morgan fingerprint density at radius 1 is 1.17 bits per heavy atom. The van der Waals surface area contributed by atoms with Crippen LogP contribution < -0.4 is 0 Å². The van der Waals surface area contributed by atoms with E-state index >= 15 is 0 Å². The van der Waals surface area contributed by atoms with E-state index in [0.29, 0.717) is 6.42 Å². The van der Waals surface area contributed by atoms with Crippen molar-refractivity contribution < 1.29 is 4.79 Å². The molecule has 0 fully saturated rings. The molecule has 18 heavy (non-hydrogen) atoms. The topological polar surface area (TPSA) is 32.7 Å². The molecule has 0 saturated carbocycles. The number of hydrogen-bond donors (Lipinski definition) is 0. The Morgan fingerprint density at radius 3 is 2.17 bits per heavy atom. The van der Waals surface area contributed by atoms with Crippen LogP contribution in [-0.4, -0.2) is 42.6 Å². The zero-order chi connectivity index (χ0) is 14.2. The molecular weight excluding hydrogens is 224 g/mol. The lowest BCUT2D eigenvalue weighted by Crippen LogP contribution is -2.24. The molecule has 0 N–H and O–H groups in total. The second kappa shape index (κ2) is 8.41. The molecule has 3 heteroatoms. The Hall–Kier alpha value is -0.700. The summed E-state index contributed by atoms with van der Waals surface area (Å²) in [6.45, 7) is 16.3. The lowest BCUT2D eigenvalue weighted by atomic mass is 9.88. The van der Waals surface area contributed by atoms with Gasteiger partial charge in [-0.05, 0) is 33.0 Å². The van der Waals surface area contributed by atoms with Crippen LogP contribution in [0.25, 0.3) is 0 Å². The van der Waals surface area contributed by atoms with Crippen LogP contribution in [0.3, 0.4) is 0 Å². The van der Waals surface area contributed by atoms with E-state index in [9.17, 15) is 4.79 Å². The molecule has 0 rings (SSSR count). The molecule has 0 unspecified atom stereocenters. The van der Waals surface area contributed by atoms with Crippen LogP contribution in [0.4, 0.5) is 0 Å². The predicted molar refractivity (Wildman–Crippen MR) is 79.5 cm³/mol. The fourth-order valence-electron chi connectivity index (χ4n) is 1.66. The summed E-state index contributed by atoms with van der Waals surface area (Å²) in [6.07, 6.45) is 1.57. The van der Waals surface area contributed by atoms with Gasteiger partial charge < -0.3 is 4.90 Å². The summed E-state index contributed by atoms with van der Waals surface area (Å²) in [5.41, 5.74) is 0.715. The van der Waals surface area contributed by atoms with Gasteiger partial charge >= 0.3 is 0 Å². The minimum Gasteiger partial charge on any atom is -0.304 e. The lowest BCUT2D eigenvalue weighted by Gasteiger charge is -2.17. The molecule has 0 aromatic rings. The summed E-state index contributed by atoms with van der Waals surface area (Å²) in [7, 11) is 0. The van der Waals surface area contributed by atoms with Gasteiger partial charge in [0.25, 0.3) is 0 Å². The summed E-state index contributed by atoms with van der Waals surface area (Å²) in [4.78, 5) is 18.7. The molecule has 0 heterocycles. The lowest BCUT2D eigenvalue weighted by molar-refractivity contribution is -0.125. The number of ketones is 1. The van der Waals surface area contributed by atoms with Gasteiger partial charge in [0, 0.05) is 24.1 Å². The fourth-order valence-corrected chi connectivity index (χ4v) is 1.66. The largest absolute Gasteiger partial charge is 0.304 e. The van der Waals surface area contributed by atoms with Crippen LogP contribution in [0, 0.1) is 5.41 Å². The molecule has 0 bridgehead atoms. The molecular formula is C15H30N2O. The highest BCUT2D eigenvalue weighted by molar-refractivity contribution is 6.02. The van der Waals surface area contributed by atoms with E-state index in [1.807, 2.05) is 27.7 Å². The van der Waals surface area contributed by atoms with Crippen LogP contribution in [0.15, 0.2) is 4.99 Å². The van der Waals surface area contributed by atoms with E-state index in [1.165, 1.54) is 0 Å². The van der Waals surface area contributed by atoms with Crippen LogP contribution >= 0.6 is 0 Å². The highest BCUT2D eigenvalue weighted by Crippen LogP contribution is 2.16. The van der Waals surface area contributed by atoms with Crippen molar-refractivity contribution in [1.29, 1.82) is 0 Å². The molecule has 106 valence electrons. The summed E-state index contributed by atoms with van der Waals surface area (Å²) in [5.74, 6) is 0.271. The molecule has 0 spiro atoms. The van der Waals surface area contributed by atoms with E-state index in [0.717, 1.165) is 38.3 Å². The third-order valence-corrected chi connectivity index (χ3v) is 3.16. The number of carbonyl (C=O) groups is 1. The van der Waals surface area contributed by atoms with Crippen LogP contribution in [0.1, 0.15) is 54.4 Å². The van der Waals surface area contributed by atoms with Gasteiger partial charge in [-0.3, -0.25) is 9.79 Å². The highest BCUT2D eigenvalue weighted by atomic mass is 16.1. The number of aliphatic imine (C=N–C) groups is 1. The van der Waals surface area contributed by atoms with E-state index in [4.69, 9.17) is 0 Å². The zero-order valence-corrected chi connectivity index (χ0v) is 13.0. The van der Waals surface area contributed by atoms with Crippen molar-refractivity contribution in [2.45, 2.75) is 54.4 Å². The SMILES string of the molecule is CCN(CC)CCCN=C(C)CC(=O)C(C)(C)C. The minimum atomic E-state index is -0.252. The highest BCUT2D eigenvalue weighted by Gasteiger charge is 2.21. The summed E-state index contributed by atoms with van der Waals surface area (Å²) in [6, 6.07) is 0. The summed E-state index contributed by atoms with van der Waals surface area (Å²) >= 11 is 0. The Balaban J connectivity index is 3.95. The van der Waals surface area contributed by atoms with Gasteiger partial charge in [0.2, 0.25) is 0 Å². The zero-order valence-electron chi connectivity index (χ0n) is 13.0. The summed E-state index contributed by atoms with van der Waals surface area (Å²) in [5, 5.41) is 0. The first kappa shape index (κ1) is 17.3. The number of hydrogen-bond acceptors (Lipinski definition) is 3. The molecule has 0 aromatic carbocycles. The monoisotopic (exact) mass is 254 g/mol. The average molecular weight is 254 g/mol. The van der Waals surface area contributed by atoms with Crippen molar-refractivity contribution in [1.82, 2.24) is 4.90 Å². The Bertz CT molecular complexity index is 273. The van der Waals surface area contributed by atoms with Gasteiger partial charge in [-0.1, -0.05) is 34.6 Å². The molecule has 0 amide bonds. The van der Waals surface area contributed by atoms with Crippen LogP contribution in [0.2, 0.25) is 0 Å². The molecule has 0 radical (unpaired) electrons. The Labute approximate surface area is 113 Å². The molecule has 0 aliphatic rings. The maximum Gasteiger partial charge on any atom is 0.143 e. The summed E-state index contributed by atoms with van der Waals surface area (Å²) < 4.78 is 0. The van der Waals surface area contributed by atoms with Gasteiger partial charge in [0.1, 0.15) is 5.78 Å². The molecule has 0 aliphatic carbocycles. The van der Waals surface area contributed by atoms with Crippen molar-refractivity contribution in [3.05, 3.63) is 0 Å². The average Bonchev–Trinajstić information content (AvgIpc) is 2.28. The third-order valence-electron chi connectivity index (χ3n) is 3.16. The third kappa shape index (κ3) is 7.59. The second-order valence-corrected chi connectivity index (χ2v) is 5.85. The number of rotatable bonds is 8. The first-order chi connectivity index (χ1) is 8.31. The van der Waals surface area contributed by atoms with Gasteiger partial charge in [0.05, 0.1) is 0 Å². The van der Waals surface area contributed by atoms with E-state index < -0.39 is 0 Å². The smallest absolute Gasteiger partial charge is 0.143 e. The maximum absolute atomic E-state index is 11.8. The van der Waals surface area contributed by atoms with Crippen LogP contribution in [-0.2, 0) is 4.79 Å². The van der Waals surface area contributed by atoms with Crippen molar-refractivity contribution in [2.75, 3.05) is 26.2 Å². The number of Topliss-reactive ketones (excluding diaryl/α,β-unsaturated/α-hetero) is 1. The van der Waals surface area contributed by atoms with Gasteiger partial charge in [0.15, 0.2) is 0 Å². The van der Waals surface area contributed by atoms with E-state index in [1.54, 1.807) is 0 Å². The number of nitrogens with zero attached hydrogens (tertiary/aromatic N) is 2. The van der Waals surface area contributed by atoms with Crippen molar-refractivity contribution in [3.63, 3.8) is 0 Å². The fraction of sp³-hybridized carbons (Fsp3) is 0.867. The normalized spacial score (nSPS) is 13.2. The van der Waals surface area contributed by atoms with Crippen molar-refractivity contribution >= 4 is 11.5 Å². The van der Waals surface area contributed by atoms with Gasteiger partial charge in [-0.2, -0.15) is 0 Å².